The number of aromatic nitrogens is 1. The SMILES string of the molecule is Cc1ns[s+]c1Cl.[Cl-]. The highest BCUT2D eigenvalue weighted by Gasteiger charge is 2.09. The first-order valence-electron chi connectivity index (χ1n) is 1.72. The molecule has 1 nitrogen and oxygen atoms in total. The molecular formula is C3H3Cl2NS2. The zero-order valence-corrected chi connectivity index (χ0v) is 7.16. The second kappa shape index (κ2) is 3.56. The summed E-state index contributed by atoms with van der Waals surface area (Å²) in [4.78, 5) is 0. The lowest BCUT2D eigenvalue weighted by atomic mass is 10.6. The van der Waals surface area contributed by atoms with Crippen molar-refractivity contribution in [3.63, 3.8) is 0 Å². The van der Waals surface area contributed by atoms with E-state index in [1.165, 1.54) is 20.9 Å². The van der Waals surface area contributed by atoms with Gasteiger partial charge in [0.05, 0.1) is 0 Å². The summed E-state index contributed by atoms with van der Waals surface area (Å²) < 4.78 is 4.75. The van der Waals surface area contributed by atoms with Gasteiger partial charge in [-0.3, -0.25) is 0 Å². The molecule has 0 unspecified atom stereocenters. The minimum atomic E-state index is 0. The van der Waals surface area contributed by atoms with Crippen LogP contribution in [0.1, 0.15) is 5.69 Å². The number of halogens is 2. The third-order valence-electron chi connectivity index (χ3n) is 0.569. The van der Waals surface area contributed by atoms with Crippen molar-refractivity contribution >= 4 is 32.5 Å². The van der Waals surface area contributed by atoms with Gasteiger partial charge >= 0.3 is 14.7 Å². The van der Waals surface area contributed by atoms with Crippen LogP contribution >= 0.6 is 32.5 Å². The zero-order valence-electron chi connectivity index (χ0n) is 4.02. The average molecular weight is 188 g/mol. The smallest absolute Gasteiger partial charge is 0.338 e. The van der Waals surface area contributed by atoms with Crippen LogP contribution in [0.25, 0.3) is 0 Å². The predicted molar refractivity (Wildman–Crippen MR) is 34.1 cm³/mol. The maximum Gasteiger partial charge on any atom is 0.338 e. The Labute approximate surface area is 66.3 Å². The summed E-state index contributed by atoms with van der Waals surface area (Å²) in [5.41, 5.74) is 0.941. The van der Waals surface area contributed by atoms with Crippen LogP contribution in [0.15, 0.2) is 0 Å². The minimum absolute atomic E-state index is 0. The van der Waals surface area contributed by atoms with Gasteiger partial charge in [-0.05, 0) is 18.5 Å². The summed E-state index contributed by atoms with van der Waals surface area (Å²) in [6, 6.07) is 0. The van der Waals surface area contributed by atoms with Crippen molar-refractivity contribution in [2.75, 3.05) is 0 Å². The fourth-order valence-electron chi connectivity index (χ4n) is 0.203. The van der Waals surface area contributed by atoms with Crippen LogP contribution in [-0.2, 0) is 0 Å². The van der Waals surface area contributed by atoms with Crippen molar-refractivity contribution in [3.05, 3.63) is 10.0 Å². The molecule has 46 valence electrons. The molecule has 0 saturated heterocycles. The van der Waals surface area contributed by atoms with Gasteiger partial charge in [0.2, 0.25) is 0 Å². The van der Waals surface area contributed by atoms with Crippen molar-refractivity contribution in [3.8, 4) is 0 Å². The summed E-state index contributed by atoms with van der Waals surface area (Å²) in [6.45, 7) is 1.90. The molecule has 0 fully saturated rings. The maximum atomic E-state index is 5.59. The molecule has 1 aromatic rings. The molecule has 0 N–H and O–H groups in total. The molecule has 0 amide bonds. The van der Waals surface area contributed by atoms with Crippen LogP contribution in [0.5, 0.6) is 0 Å². The van der Waals surface area contributed by atoms with Crippen molar-refractivity contribution in [1.29, 1.82) is 0 Å². The van der Waals surface area contributed by atoms with Crippen LogP contribution in [0.4, 0.5) is 0 Å². The quantitative estimate of drug-likeness (QED) is 0.393. The Morgan fingerprint density at radius 2 is 2.38 bits per heavy atom. The summed E-state index contributed by atoms with van der Waals surface area (Å²) in [5, 5.41) is 0. The van der Waals surface area contributed by atoms with Crippen molar-refractivity contribution in [1.82, 2.24) is 4.37 Å². The molecular weight excluding hydrogens is 185 g/mol. The second-order valence-electron chi connectivity index (χ2n) is 1.11. The van der Waals surface area contributed by atoms with Crippen molar-refractivity contribution < 1.29 is 12.4 Å². The zero-order chi connectivity index (χ0) is 5.28. The normalized spacial score (nSPS) is 8.25. The van der Waals surface area contributed by atoms with E-state index in [0.717, 1.165) is 10.0 Å². The van der Waals surface area contributed by atoms with Gasteiger partial charge in [-0.25, -0.2) is 0 Å². The average Bonchev–Trinajstić information content (AvgIpc) is 1.91. The van der Waals surface area contributed by atoms with E-state index in [2.05, 4.69) is 4.37 Å². The molecule has 0 aliphatic carbocycles. The summed E-state index contributed by atoms with van der Waals surface area (Å²) in [6.07, 6.45) is 0. The van der Waals surface area contributed by atoms with Gasteiger partial charge in [0.1, 0.15) is 5.69 Å². The van der Waals surface area contributed by atoms with Crippen LogP contribution in [0.2, 0.25) is 4.34 Å². The minimum Gasteiger partial charge on any atom is -1.00 e. The summed E-state index contributed by atoms with van der Waals surface area (Å²) in [5.74, 6) is 0. The van der Waals surface area contributed by atoms with Crippen LogP contribution in [0, 0.1) is 6.92 Å². The fourth-order valence-corrected chi connectivity index (χ4v) is 2.08. The first kappa shape index (κ1) is 8.56. The molecule has 0 aliphatic rings. The van der Waals surface area contributed by atoms with E-state index in [1.54, 1.807) is 0 Å². The molecule has 0 atom stereocenters. The molecule has 0 radical (unpaired) electrons. The van der Waals surface area contributed by atoms with E-state index in [-0.39, 0.29) is 12.4 Å². The molecule has 1 rings (SSSR count). The molecule has 1 heterocycles. The Bertz CT molecular complexity index is 148. The Kier molecular flexibility index (Phi) is 3.81. The molecule has 0 spiro atoms. The number of hydrogen-bond donors (Lipinski definition) is 0. The molecule has 0 aliphatic heterocycles. The highest BCUT2D eigenvalue weighted by molar-refractivity contribution is 7.68. The Morgan fingerprint density at radius 3 is 2.50 bits per heavy atom. The lowest BCUT2D eigenvalue weighted by molar-refractivity contribution is -0.00000138. The van der Waals surface area contributed by atoms with Gasteiger partial charge in [0.25, 0.3) is 10.5 Å². The fraction of sp³-hybridized carbons (Fsp3) is 0.333. The van der Waals surface area contributed by atoms with E-state index in [0.29, 0.717) is 0 Å². The van der Waals surface area contributed by atoms with Gasteiger partial charge < -0.3 is 12.4 Å². The van der Waals surface area contributed by atoms with E-state index in [1.807, 2.05) is 6.92 Å². The number of aryl methyl sites for hydroxylation is 1. The molecule has 1 aromatic heterocycles. The summed E-state index contributed by atoms with van der Waals surface area (Å²) in [7, 11) is 2.93. The lowest BCUT2D eigenvalue weighted by Gasteiger charge is -1.63. The Hall–Kier alpha value is 0.560. The number of rotatable bonds is 0. The van der Waals surface area contributed by atoms with E-state index in [9.17, 15) is 0 Å². The van der Waals surface area contributed by atoms with Crippen molar-refractivity contribution in [2.24, 2.45) is 0 Å². The first-order valence-corrected chi connectivity index (χ1v) is 4.20. The highest BCUT2D eigenvalue weighted by Crippen LogP contribution is 2.22. The van der Waals surface area contributed by atoms with Crippen molar-refractivity contribution in [2.45, 2.75) is 6.92 Å². The lowest BCUT2D eigenvalue weighted by Crippen LogP contribution is -3.00. The summed E-state index contributed by atoms with van der Waals surface area (Å²) >= 11 is 5.59. The first-order chi connectivity index (χ1) is 3.30. The van der Waals surface area contributed by atoms with Crippen LogP contribution in [-0.4, -0.2) is 4.37 Å². The van der Waals surface area contributed by atoms with Gasteiger partial charge in [0, 0.05) is 0 Å². The van der Waals surface area contributed by atoms with E-state index in [4.69, 9.17) is 11.6 Å². The third-order valence-corrected chi connectivity index (χ3v) is 3.16. The molecule has 0 bridgehead atoms. The standard InChI is InChI=1S/C3H3ClNS2.ClH/c1-2-3(4)6-7-5-2;/h1H3;1H/q+1;/p-1. The predicted octanol–water partition coefficient (Wildman–Crippen LogP) is -0.548. The number of hydrogen-bond acceptors (Lipinski definition) is 2. The second-order valence-corrected chi connectivity index (χ2v) is 3.56. The number of nitrogens with zero attached hydrogens (tertiary/aromatic N) is 1. The highest BCUT2D eigenvalue weighted by atomic mass is 35.5. The van der Waals surface area contributed by atoms with Gasteiger partial charge in [-0.15, -0.1) is 4.37 Å². The van der Waals surface area contributed by atoms with Gasteiger partial charge in [-0.2, -0.15) is 0 Å². The van der Waals surface area contributed by atoms with E-state index >= 15 is 0 Å². The van der Waals surface area contributed by atoms with Gasteiger partial charge in [-0.1, -0.05) is 0 Å². The third kappa shape index (κ3) is 1.82. The molecule has 8 heavy (non-hydrogen) atoms. The van der Waals surface area contributed by atoms with Gasteiger partial charge in [0.15, 0.2) is 0 Å². The largest absolute Gasteiger partial charge is 1.00 e. The van der Waals surface area contributed by atoms with E-state index < -0.39 is 0 Å². The van der Waals surface area contributed by atoms with Crippen LogP contribution in [0.3, 0.4) is 0 Å². The Balaban J connectivity index is 0.000000490. The maximum absolute atomic E-state index is 5.59. The van der Waals surface area contributed by atoms with Crippen LogP contribution < -0.4 is 12.4 Å². The molecule has 5 heteroatoms. The molecule has 0 saturated carbocycles. The monoisotopic (exact) mass is 187 g/mol. The topological polar surface area (TPSA) is 12.9 Å². The Morgan fingerprint density at radius 1 is 1.75 bits per heavy atom. The molecule has 0 aromatic carbocycles.